The van der Waals surface area contributed by atoms with Gasteiger partial charge in [0.2, 0.25) is 0 Å². The van der Waals surface area contributed by atoms with E-state index in [0.717, 1.165) is 0 Å². The largest absolute Gasteiger partial charge is 0.308 e. The second kappa shape index (κ2) is 11.4. The van der Waals surface area contributed by atoms with Gasteiger partial charge in [-0.05, 0) is 128 Å². The lowest BCUT2D eigenvalue weighted by molar-refractivity contribution is 0.633. The lowest BCUT2D eigenvalue weighted by Crippen LogP contribution is -2.28. The van der Waals surface area contributed by atoms with Crippen LogP contribution in [0.4, 0.5) is 34.1 Å². The van der Waals surface area contributed by atoms with Crippen molar-refractivity contribution in [2.75, 3.05) is 9.80 Å². The number of rotatable bonds is 2. The summed E-state index contributed by atoms with van der Waals surface area (Å²) in [5.41, 5.74) is 17.8. The van der Waals surface area contributed by atoms with Crippen molar-refractivity contribution in [3.05, 3.63) is 180 Å². The molecule has 8 aromatic rings. The zero-order valence-corrected chi connectivity index (χ0v) is 33.4. The Balaban J connectivity index is 1.03. The molecule has 0 N–H and O–H groups in total. The van der Waals surface area contributed by atoms with Gasteiger partial charge in [0.25, 0.3) is 0 Å². The molecule has 2 nitrogen and oxygen atoms in total. The third-order valence-electron chi connectivity index (χ3n) is 12.8. The Morgan fingerprint density at radius 3 is 1.02 bits per heavy atom. The molecule has 0 radical (unpaired) electrons. The van der Waals surface area contributed by atoms with Crippen molar-refractivity contribution in [2.45, 2.75) is 58.1 Å². The third-order valence-corrected chi connectivity index (χ3v) is 15.1. The van der Waals surface area contributed by atoms with E-state index in [-0.39, 0.29) is 10.8 Å². The van der Waals surface area contributed by atoms with Gasteiger partial charge in [-0.15, -0.1) is 0 Å². The van der Waals surface area contributed by atoms with E-state index in [1.807, 2.05) is 23.5 Å². The lowest BCUT2D eigenvalue weighted by atomic mass is 9.63. The molecule has 4 heteroatoms. The van der Waals surface area contributed by atoms with E-state index in [0.29, 0.717) is 0 Å². The minimum absolute atomic E-state index is 0.208. The summed E-state index contributed by atoms with van der Waals surface area (Å²) >= 11 is 3.72. The summed E-state index contributed by atoms with van der Waals surface area (Å²) < 4.78 is 0. The number of anilines is 6. The van der Waals surface area contributed by atoms with Crippen LogP contribution in [0.2, 0.25) is 0 Å². The number of fused-ring (bicyclic) bond motifs is 8. The third kappa shape index (κ3) is 4.32. The standard InChI is InChI=1S/C52H38N2S2/c1-51(2)37-27-28-38-50-36(34-24-22-32(30-40(34)52(38,3)4)54-43-15-7-11-19-47(43)56-48-20-12-8-16-44(48)54)26-25-35(49(37)50)33-23-21-31(29-39(33)51)53-41-13-5-9-17-45(41)55-46-18-10-6-14-42(46)53/h5-30H,1-4H3. The average molecular weight is 755 g/mol. The van der Waals surface area contributed by atoms with Gasteiger partial charge < -0.3 is 9.80 Å². The Bertz CT molecular complexity index is 2720. The molecule has 2 heterocycles. The van der Waals surface area contributed by atoms with E-state index in [1.54, 1.807) is 0 Å². The molecular weight excluding hydrogens is 717 g/mol. The summed E-state index contributed by atoms with van der Waals surface area (Å²) in [6, 6.07) is 59.3. The zero-order valence-electron chi connectivity index (χ0n) is 31.7. The van der Waals surface area contributed by atoms with Crippen molar-refractivity contribution in [3.63, 3.8) is 0 Å². The van der Waals surface area contributed by atoms with E-state index < -0.39 is 0 Å². The smallest absolute Gasteiger partial charge is 0.0601 e. The van der Waals surface area contributed by atoms with Crippen LogP contribution in [0.25, 0.3) is 33.0 Å². The molecule has 0 fully saturated rings. The molecule has 56 heavy (non-hydrogen) atoms. The van der Waals surface area contributed by atoms with Gasteiger partial charge in [0.05, 0.1) is 22.7 Å². The van der Waals surface area contributed by atoms with Crippen LogP contribution >= 0.6 is 23.5 Å². The molecule has 0 saturated carbocycles. The highest BCUT2D eigenvalue weighted by atomic mass is 32.2. The zero-order chi connectivity index (χ0) is 37.5. The maximum atomic E-state index is 2.47. The van der Waals surface area contributed by atoms with Crippen LogP contribution in [-0.4, -0.2) is 0 Å². The Kier molecular flexibility index (Phi) is 6.65. The number of benzene rings is 8. The van der Waals surface area contributed by atoms with Gasteiger partial charge in [-0.3, -0.25) is 0 Å². The second-order valence-corrected chi connectivity index (χ2v) is 18.7. The Labute approximate surface area is 336 Å². The predicted octanol–water partition coefficient (Wildman–Crippen LogP) is 15.3. The summed E-state index contributed by atoms with van der Waals surface area (Å²) in [7, 11) is 0. The fourth-order valence-electron chi connectivity index (χ4n) is 10.1. The molecule has 4 aliphatic rings. The summed E-state index contributed by atoms with van der Waals surface area (Å²) in [5, 5.41) is 2.82. The molecule has 8 aromatic carbocycles. The van der Waals surface area contributed by atoms with Crippen LogP contribution in [-0.2, 0) is 10.8 Å². The summed E-state index contributed by atoms with van der Waals surface area (Å²) in [6.07, 6.45) is 0. The molecule has 0 atom stereocenters. The van der Waals surface area contributed by atoms with E-state index in [4.69, 9.17) is 0 Å². The second-order valence-electron chi connectivity index (χ2n) is 16.5. The molecule has 0 bridgehead atoms. The van der Waals surface area contributed by atoms with Crippen LogP contribution in [0.5, 0.6) is 0 Å². The van der Waals surface area contributed by atoms with Gasteiger partial charge in [-0.1, -0.05) is 136 Å². The molecule has 0 unspecified atom stereocenters. The van der Waals surface area contributed by atoms with E-state index in [1.165, 1.54) is 109 Å². The van der Waals surface area contributed by atoms with Crippen molar-refractivity contribution in [2.24, 2.45) is 0 Å². The van der Waals surface area contributed by atoms with Crippen molar-refractivity contribution >= 4 is 68.4 Å². The van der Waals surface area contributed by atoms with E-state index >= 15 is 0 Å². The van der Waals surface area contributed by atoms with Gasteiger partial charge >= 0.3 is 0 Å². The normalized spacial score (nSPS) is 15.9. The van der Waals surface area contributed by atoms with Crippen molar-refractivity contribution in [3.8, 4) is 22.3 Å². The minimum Gasteiger partial charge on any atom is -0.308 e. The van der Waals surface area contributed by atoms with Crippen LogP contribution < -0.4 is 9.80 Å². The number of nitrogens with zero attached hydrogens (tertiary/aromatic N) is 2. The molecule has 0 saturated heterocycles. The molecule has 12 rings (SSSR count). The highest BCUT2D eigenvalue weighted by Crippen LogP contribution is 2.59. The summed E-state index contributed by atoms with van der Waals surface area (Å²) in [4.78, 5) is 10.1. The van der Waals surface area contributed by atoms with Gasteiger partial charge in [-0.25, -0.2) is 0 Å². The number of hydrogen-bond acceptors (Lipinski definition) is 4. The van der Waals surface area contributed by atoms with Gasteiger partial charge in [-0.2, -0.15) is 0 Å². The van der Waals surface area contributed by atoms with Crippen molar-refractivity contribution in [1.82, 2.24) is 0 Å². The maximum absolute atomic E-state index is 2.47. The molecule has 0 amide bonds. The molecule has 0 spiro atoms. The lowest BCUT2D eigenvalue weighted by Gasteiger charge is -2.41. The first-order valence-corrected chi connectivity index (χ1v) is 21.1. The first kappa shape index (κ1) is 32.6. The van der Waals surface area contributed by atoms with Gasteiger partial charge in [0, 0.05) is 41.8 Å². The van der Waals surface area contributed by atoms with Crippen LogP contribution in [0.15, 0.2) is 177 Å². The number of hydrogen-bond donors (Lipinski definition) is 0. The highest BCUT2D eigenvalue weighted by molar-refractivity contribution is 8.00. The average Bonchev–Trinajstić information content (AvgIpc) is 3.23. The Morgan fingerprint density at radius 1 is 0.339 bits per heavy atom. The minimum atomic E-state index is -0.208. The molecular formula is C52H38N2S2. The van der Waals surface area contributed by atoms with E-state index in [9.17, 15) is 0 Å². The van der Waals surface area contributed by atoms with Crippen LogP contribution in [0, 0.1) is 0 Å². The molecule has 268 valence electrons. The predicted molar refractivity (Wildman–Crippen MR) is 237 cm³/mol. The van der Waals surface area contributed by atoms with Crippen molar-refractivity contribution in [1.29, 1.82) is 0 Å². The molecule has 0 aromatic heterocycles. The van der Waals surface area contributed by atoms with Gasteiger partial charge in [0.15, 0.2) is 0 Å². The Hall–Kier alpha value is -5.68. The van der Waals surface area contributed by atoms with Gasteiger partial charge in [0.1, 0.15) is 0 Å². The number of para-hydroxylation sites is 4. The quantitative estimate of drug-likeness (QED) is 0.173. The fraction of sp³-hybridized carbons (Fsp3) is 0.115. The highest BCUT2D eigenvalue weighted by Gasteiger charge is 2.41. The monoisotopic (exact) mass is 754 g/mol. The molecule has 2 aliphatic heterocycles. The fourth-order valence-corrected chi connectivity index (χ4v) is 12.2. The SMILES string of the molecule is CC1(C)c2cc(N3c4ccccc4Sc4ccccc43)ccc2-c2ccc3c4c(ccc1c24)C(C)(C)c1cc(N2c4ccccc4Sc4ccccc42)ccc1-3. The van der Waals surface area contributed by atoms with Crippen LogP contribution in [0.1, 0.15) is 49.9 Å². The summed E-state index contributed by atoms with van der Waals surface area (Å²) in [5.74, 6) is 0. The molecule has 2 aliphatic carbocycles. The van der Waals surface area contributed by atoms with Crippen LogP contribution in [0.3, 0.4) is 0 Å². The Morgan fingerprint density at radius 2 is 0.661 bits per heavy atom. The topological polar surface area (TPSA) is 6.48 Å². The first-order valence-electron chi connectivity index (χ1n) is 19.5. The first-order chi connectivity index (χ1) is 27.3. The van der Waals surface area contributed by atoms with Crippen molar-refractivity contribution < 1.29 is 0 Å². The summed E-state index contributed by atoms with van der Waals surface area (Å²) in [6.45, 7) is 9.71. The van der Waals surface area contributed by atoms with E-state index in [2.05, 4.69) is 195 Å². The maximum Gasteiger partial charge on any atom is 0.0601 e.